The zero-order chi connectivity index (χ0) is 14.0. The van der Waals surface area contributed by atoms with Gasteiger partial charge in [0, 0.05) is 5.56 Å². The highest BCUT2D eigenvalue weighted by atomic mass is 19.1. The molecule has 2 rings (SSSR count). The van der Waals surface area contributed by atoms with Crippen LogP contribution in [0.2, 0.25) is 0 Å². The summed E-state index contributed by atoms with van der Waals surface area (Å²) in [6.45, 7) is 6.47. The molecule has 0 aliphatic heterocycles. The Kier molecular flexibility index (Phi) is 4.62. The van der Waals surface area contributed by atoms with Gasteiger partial charge in [-0.25, -0.2) is 4.39 Å². The fraction of sp³-hybridized carbons (Fsp3) is 0.647. The van der Waals surface area contributed by atoms with Gasteiger partial charge in [0.2, 0.25) is 0 Å². The maximum Gasteiger partial charge on any atom is 0.129 e. The molecule has 1 aliphatic carbocycles. The smallest absolute Gasteiger partial charge is 0.129 e. The van der Waals surface area contributed by atoms with E-state index in [4.69, 9.17) is 0 Å². The first-order chi connectivity index (χ1) is 8.99. The number of aliphatic hydroxyl groups is 1. The Balaban J connectivity index is 2.05. The molecule has 19 heavy (non-hydrogen) atoms. The number of aryl methyl sites for hydroxylation is 1. The summed E-state index contributed by atoms with van der Waals surface area (Å²) >= 11 is 0. The van der Waals surface area contributed by atoms with E-state index < -0.39 is 6.10 Å². The highest BCUT2D eigenvalue weighted by Crippen LogP contribution is 2.39. The van der Waals surface area contributed by atoms with Gasteiger partial charge < -0.3 is 5.11 Å². The molecule has 1 aliphatic rings. The van der Waals surface area contributed by atoms with Gasteiger partial charge in [0.25, 0.3) is 0 Å². The largest absolute Gasteiger partial charge is 0.388 e. The molecule has 1 aromatic rings. The molecule has 0 heterocycles. The summed E-state index contributed by atoms with van der Waals surface area (Å²) < 4.78 is 13.8. The third kappa shape index (κ3) is 3.36. The van der Waals surface area contributed by atoms with Crippen LogP contribution in [0, 0.1) is 30.5 Å². The lowest BCUT2D eigenvalue weighted by molar-refractivity contribution is 0.0641. The first-order valence-electron chi connectivity index (χ1n) is 7.43. The normalized spacial score (nSPS) is 25.6. The van der Waals surface area contributed by atoms with E-state index in [0.717, 1.165) is 37.2 Å². The zero-order valence-electron chi connectivity index (χ0n) is 12.2. The summed E-state index contributed by atoms with van der Waals surface area (Å²) in [6, 6.07) is 5.00. The molecule has 0 aromatic heterocycles. The van der Waals surface area contributed by atoms with Crippen LogP contribution in [0.1, 0.15) is 56.8 Å². The second-order valence-electron chi connectivity index (χ2n) is 6.39. The molecule has 0 radical (unpaired) electrons. The first kappa shape index (κ1) is 14.5. The number of hydrogen-bond acceptors (Lipinski definition) is 1. The monoisotopic (exact) mass is 264 g/mol. The number of rotatable bonds is 3. The maximum atomic E-state index is 13.8. The summed E-state index contributed by atoms with van der Waals surface area (Å²) in [7, 11) is 0. The highest BCUT2D eigenvalue weighted by molar-refractivity contribution is 5.26. The van der Waals surface area contributed by atoms with Crippen molar-refractivity contribution < 1.29 is 9.50 Å². The lowest BCUT2D eigenvalue weighted by atomic mass is 9.74. The summed E-state index contributed by atoms with van der Waals surface area (Å²) in [5.74, 6) is 1.43. The molecule has 0 amide bonds. The quantitative estimate of drug-likeness (QED) is 0.844. The number of hydrogen-bond donors (Lipinski definition) is 1. The Morgan fingerprint density at radius 3 is 2.26 bits per heavy atom. The van der Waals surface area contributed by atoms with E-state index in [0.29, 0.717) is 11.5 Å². The van der Waals surface area contributed by atoms with Gasteiger partial charge in [-0.1, -0.05) is 31.5 Å². The van der Waals surface area contributed by atoms with Gasteiger partial charge >= 0.3 is 0 Å². The molecule has 1 atom stereocenters. The molecule has 0 bridgehead atoms. The van der Waals surface area contributed by atoms with Crippen molar-refractivity contribution in [3.05, 3.63) is 35.1 Å². The van der Waals surface area contributed by atoms with E-state index in [-0.39, 0.29) is 11.7 Å². The van der Waals surface area contributed by atoms with Crippen molar-refractivity contribution >= 4 is 0 Å². The molecule has 106 valence electrons. The molecule has 1 N–H and O–H groups in total. The van der Waals surface area contributed by atoms with E-state index in [2.05, 4.69) is 13.8 Å². The first-order valence-corrected chi connectivity index (χ1v) is 7.43. The zero-order valence-corrected chi connectivity index (χ0v) is 12.2. The number of aliphatic hydroxyl groups excluding tert-OH is 1. The minimum atomic E-state index is -0.645. The molecule has 0 saturated heterocycles. The predicted octanol–water partition coefficient (Wildman–Crippen LogP) is 4.63. The van der Waals surface area contributed by atoms with Crippen molar-refractivity contribution in [3.63, 3.8) is 0 Å². The van der Waals surface area contributed by atoms with Crippen LogP contribution in [0.15, 0.2) is 18.2 Å². The number of benzene rings is 1. The van der Waals surface area contributed by atoms with Gasteiger partial charge in [-0.05, 0) is 56.4 Å². The van der Waals surface area contributed by atoms with Crippen molar-refractivity contribution in [1.82, 2.24) is 0 Å². The van der Waals surface area contributed by atoms with Crippen LogP contribution in [0.3, 0.4) is 0 Å². The Bertz CT molecular complexity index is 419. The van der Waals surface area contributed by atoms with Crippen LogP contribution in [-0.2, 0) is 0 Å². The van der Waals surface area contributed by atoms with Gasteiger partial charge in [0.05, 0.1) is 6.10 Å². The molecular formula is C17H25FO. The molecule has 2 heteroatoms. The second kappa shape index (κ2) is 6.04. The Labute approximate surface area is 115 Å². The minimum absolute atomic E-state index is 0.214. The SMILES string of the molecule is Cc1ccc(F)c(C(O)C2CCC(C(C)C)CC2)c1. The second-order valence-corrected chi connectivity index (χ2v) is 6.39. The molecule has 1 saturated carbocycles. The minimum Gasteiger partial charge on any atom is -0.388 e. The van der Waals surface area contributed by atoms with Crippen LogP contribution in [0.25, 0.3) is 0 Å². The predicted molar refractivity (Wildman–Crippen MR) is 76.4 cm³/mol. The van der Waals surface area contributed by atoms with Gasteiger partial charge in [-0.3, -0.25) is 0 Å². The summed E-state index contributed by atoms with van der Waals surface area (Å²) in [5, 5.41) is 10.4. The number of halogens is 1. The van der Waals surface area contributed by atoms with E-state index in [1.807, 2.05) is 6.92 Å². The molecule has 0 spiro atoms. The van der Waals surface area contributed by atoms with Crippen LogP contribution in [0.4, 0.5) is 4.39 Å². The third-order valence-electron chi connectivity index (χ3n) is 4.68. The summed E-state index contributed by atoms with van der Waals surface area (Å²) in [6.07, 6.45) is 3.70. The van der Waals surface area contributed by atoms with Crippen molar-refractivity contribution in [2.45, 2.75) is 52.6 Å². The third-order valence-corrected chi connectivity index (χ3v) is 4.68. The highest BCUT2D eigenvalue weighted by Gasteiger charge is 2.29. The maximum absolute atomic E-state index is 13.8. The van der Waals surface area contributed by atoms with Crippen molar-refractivity contribution in [1.29, 1.82) is 0 Å². The average Bonchev–Trinajstić information content (AvgIpc) is 2.41. The van der Waals surface area contributed by atoms with E-state index in [9.17, 15) is 9.50 Å². The fourth-order valence-corrected chi connectivity index (χ4v) is 3.27. The van der Waals surface area contributed by atoms with Crippen LogP contribution < -0.4 is 0 Å². The van der Waals surface area contributed by atoms with Crippen LogP contribution in [0.5, 0.6) is 0 Å². The van der Waals surface area contributed by atoms with E-state index >= 15 is 0 Å². The Morgan fingerprint density at radius 1 is 1.11 bits per heavy atom. The van der Waals surface area contributed by atoms with Gasteiger partial charge in [-0.2, -0.15) is 0 Å². The summed E-state index contributed by atoms with van der Waals surface area (Å²) in [5.41, 5.74) is 1.49. The molecule has 1 nitrogen and oxygen atoms in total. The fourth-order valence-electron chi connectivity index (χ4n) is 3.27. The van der Waals surface area contributed by atoms with Gasteiger partial charge in [0.1, 0.15) is 5.82 Å². The molecule has 1 aromatic carbocycles. The van der Waals surface area contributed by atoms with Crippen LogP contribution >= 0.6 is 0 Å². The molecule has 1 unspecified atom stereocenters. The summed E-state index contributed by atoms with van der Waals surface area (Å²) in [4.78, 5) is 0. The van der Waals surface area contributed by atoms with Crippen molar-refractivity contribution in [3.8, 4) is 0 Å². The average molecular weight is 264 g/mol. The van der Waals surface area contributed by atoms with Gasteiger partial charge in [-0.15, -0.1) is 0 Å². The van der Waals surface area contributed by atoms with Crippen molar-refractivity contribution in [2.24, 2.45) is 17.8 Å². The van der Waals surface area contributed by atoms with E-state index in [1.165, 1.54) is 6.07 Å². The van der Waals surface area contributed by atoms with Gasteiger partial charge in [0.15, 0.2) is 0 Å². The Hall–Kier alpha value is -0.890. The molecular weight excluding hydrogens is 239 g/mol. The Morgan fingerprint density at radius 2 is 1.68 bits per heavy atom. The van der Waals surface area contributed by atoms with E-state index in [1.54, 1.807) is 12.1 Å². The topological polar surface area (TPSA) is 20.2 Å². The lowest BCUT2D eigenvalue weighted by Crippen LogP contribution is -2.23. The van der Waals surface area contributed by atoms with Crippen LogP contribution in [-0.4, -0.2) is 5.11 Å². The standard InChI is InChI=1S/C17H25FO/c1-11(2)13-5-7-14(8-6-13)17(19)15-10-12(3)4-9-16(15)18/h4,9-11,13-14,17,19H,5-8H2,1-3H3. The molecule has 1 fully saturated rings. The lowest BCUT2D eigenvalue weighted by Gasteiger charge is -2.33. The van der Waals surface area contributed by atoms with Crippen molar-refractivity contribution in [2.75, 3.05) is 0 Å².